The van der Waals surface area contributed by atoms with Gasteiger partial charge in [0.1, 0.15) is 5.82 Å². The minimum atomic E-state index is -0.272. The van der Waals surface area contributed by atoms with Crippen LogP contribution in [0.2, 0.25) is 0 Å². The van der Waals surface area contributed by atoms with Crippen LogP contribution in [0.4, 0.5) is 10.2 Å². The molecule has 0 radical (unpaired) electrons. The Morgan fingerprint density at radius 1 is 1.19 bits per heavy atom. The van der Waals surface area contributed by atoms with Crippen molar-refractivity contribution >= 4 is 22.6 Å². The maximum absolute atomic E-state index is 13.7. The number of amides is 1. The monoisotopic (exact) mass is 352 g/mol. The number of carbonyl (C=O) groups is 1. The molecule has 1 aliphatic heterocycles. The Labute approximate surface area is 151 Å². The predicted molar refractivity (Wildman–Crippen MR) is 99.2 cm³/mol. The summed E-state index contributed by atoms with van der Waals surface area (Å²) in [5.41, 5.74) is 8.11. The molecule has 1 aliphatic rings. The summed E-state index contributed by atoms with van der Waals surface area (Å²) in [5, 5.41) is 7.57. The number of carbonyl (C=O) groups excluding carboxylic acids is 1. The molecule has 3 N–H and O–H groups in total. The summed E-state index contributed by atoms with van der Waals surface area (Å²) >= 11 is 0. The van der Waals surface area contributed by atoms with Crippen LogP contribution in [0, 0.1) is 5.82 Å². The Hall–Kier alpha value is -2.89. The molecule has 1 amide bonds. The van der Waals surface area contributed by atoms with Crippen molar-refractivity contribution in [3.63, 3.8) is 0 Å². The first kappa shape index (κ1) is 16.6. The summed E-state index contributed by atoms with van der Waals surface area (Å²) in [7, 11) is 0. The number of halogens is 1. The smallest absolute Gasteiger partial charge is 0.254 e. The average molecular weight is 352 g/mol. The molecule has 1 atom stereocenters. The molecule has 4 rings (SSSR count). The Kier molecular flexibility index (Phi) is 4.32. The number of fused-ring (bicyclic) bond motifs is 1. The Morgan fingerprint density at radius 2 is 2.08 bits per heavy atom. The fourth-order valence-corrected chi connectivity index (χ4v) is 3.75. The van der Waals surface area contributed by atoms with Crippen LogP contribution in [-0.2, 0) is 0 Å². The van der Waals surface area contributed by atoms with Gasteiger partial charge in [0, 0.05) is 17.5 Å². The average Bonchev–Trinajstić information content (AvgIpc) is 2.87. The normalized spacial score (nSPS) is 18.0. The third-order valence-corrected chi connectivity index (χ3v) is 5.09. The zero-order valence-electron chi connectivity index (χ0n) is 14.4. The molecule has 1 saturated heterocycles. The molecule has 2 heterocycles. The number of hydrogen-bond donors (Lipinski definition) is 2. The van der Waals surface area contributed by atoms with Crippen molar-refractivity contribution in [3.05, 3.63) is 59.4 Å². The number of nitrogens with zero attached hydrogens (tertiary/aromatic N) is 2. The van der Waals surface area contributed by atoms with Crippen molar-refractivity contribution in [1.82, 2.24) is 15.1 Å². The molecular weight excluding hydrogens is 331 g/mol. The summed E-state index contributed by atoms with van der Waals surface area (Å²) in [6.07, 6.45) is 3.89. The van der Waals surface area contributed by atoms with E-state index in [1.165, 1.54) is 12.1 Å². The van der Waals surface area contributed by atoms with Crippen LogP contribution < -0.4 is 5.73 Å². The molecule has 0 saturated carbocycles. The SMILES string of the molecule is Nc1n[nH]c2ccc(C(=O)N3CCCCCC3c3cccc(F)c3)cc12. The van der Waals surface area contributed by atoms with E-state index in [1.807, 2.05) is 17.0 Å². The largest absolute Gasteiger partial charge is 0.382 e. The first-order valence-corrected chi connectivity index (χ1v) is 8.93. The molecule has 1 aromatic heterocycles. The molecule has 3 aromatic rings. The molecule has 5 nitrogen and oxygen atoms in total. The van der Waals surface area contributed by atoms with E-state index in [0.29, 0.717) is 17.9 Å². The van der Waals surface area contributed by atoms with Crippen LogP contribution in [0.1, 0.15) is 47.6 Å². The highest BCUT2D eigenvalue weighted by molar-refractivity contribution is 6.00. The van der Waals surface area contributed by atoms with E-state index in [-0.39, 0.29) is 17.8 Å². The molecular formula is C20H21FN4O. The standard InChI is InChI=1S/C20H21FN4O/c21-15-6-4-5-13(11-15)18-7-2-1-3-10-25(18)20(26)14-8-9-17-16(12-14)19(22)24-23-17/h4-6,8-9,11-12,18H,1-3,7,10H2,(H3,22,23,24). The van der Waals surface area contributed by atoms with E-state index in [9.17, 15) is 9.18 Å². The fraction of sp³-hybridized carbons (Fsp3) is 0.300. The Balaban J connectivity index is 1.71. The highest BCUT2D eigenvalue weighted by atomic mass is 19.1. The minimum Gasteiger partial charge on any atom is -0.382 e. The quantitative estimate of drug-likeness (QED) is 0.731. The van der Waals surface area contributed by atoms with Crippen LogP contribution in [0.5, 0.6) is 0 Å². The molecule has 0 bridgehead atoms. The number of aromatic amines is 1. The number of nitrogens with two attached hydrogens (primary N) is 1. The van der Waals surface area contributed by atoms with Gasteiger partial charge in [-0.05, 0) is 48.7 Å². The van der Waals surface area contributed by atoms with Crippen molar-refractivity contribution in [2.45, 2.75) is 31.7 Å². The second-order valence-corrected chi connectivity index (χ2v) is 6.79. The third kappa shape index (κ3) is 3.03. The Morgan fingerprint density at radius 3 is 2.92 bits per heavy atom. The molecule has 0 spiro atoms. The van der Waals surface area contributed by atoms with Gasteiger partial charge in [0.15, 0.2) is 5.82 Å². The number of likely N-dealkylation sites (tertiary alicyclic amines) is 1. The highest BCUT2D eigenvalue weighted by Crippen LogP contribution is 2.32. The van der Waals surface area contributed by atoms with Gasteiger partial charge in [-0.1, -0.05) is 25.0 Å². The van der Waals surface area contributed by atoms with Crippen molar-refractivity contribution in [3.8, 4) is 0 Å². The lowest BCUT2D eigenvalue weighted by Gasteiger charge is -2.30. The van der Waals surface area contributed by atoms with Gasteiger partial charge in [-0.15, -0.1) is 0 Å². The van der Waals surface area contributed by atoms with Gasteiger partial charge in [-0.25, -0.2) is 4.39 Å². The molecule has 0 aliphatic carbocycles. The second kappa shape index (κ2) is 6.78. The number of nitrogen functional groups attached to an aromatic ring is 1. The fourth-order valence-electron chi connectivity index (χ4n) is 3.75. The van der Waals surface area contributed by atoms with E-state index < -0.39 is 0 Å². The second-order valence-electron chi connectivity index (χ2n) is 6.79. The number of aromatic nitrogens is 2. The van der Waals surface area contributed by atoms with Crippen LogP contribution in [0.15, 0.2) is 42.5 Å². The van der Waals surface area contributed by atoms with Gasteiger partial charge in [-0.3, -0.25) is 9.89 Å². The third-order valence-electron chi connectivity index (χ3n) is 5.09. The predicted octanol–water partition coefficient (Wildman–Crippen LogP) is 4.04. The van der Waals surface area contributed by atoms with Gasteiger partial charge >= 0.3 is 0 Å². The van der Waals surface area contributed by atoms with Crippen molar-refractivity contribution in [1.29, 1.82) is 0 Å². The lowest BCUT2D eigenvalue weighted by atomic mass is 9.99. The molecule has 6 heteroatoms. The minimum absolute atomic E-state index is 0.0522. The van der Waals surface area contributed by atoms with Crippen molar-refractivity contribution < 1.29 is 9.18 Å². The van der Waals surface area contributed by atoms with Gasteiger partial charge in [0.05, 0.1) is 11.6 Å². The number of anilines is 1. The van der Waals surface area contributed by atoms with E-state index in [4.69, 9.17) is 5.73 Å². The van der Waals surface area contributed by atoms with Gasteiger partial charge in [-0.2, -0.15) is 5.10 Å². The zero-order chi connectivity index (χ0) is 18.1. The van der Waals surface area contributed by atoms with E-state index in [0.717, 1.165) is 42.1 Å². The van der Waals surface area contributed by atoms with Crippen LogP contribution in [0.25, 0.3) is 10.9 Å². The summed E-state index contributed by atoms with van der Waals surface area (Å²) in [4.78, 5) is 15.1. The van der Waals surface area contributed by atoms with Gasteiger partial charge in [0.2, 0.25) is 0 Å². The number of hydrogen-bond acceptors (Lipinski definition) is 3. The number of rotatable bonds is 2. The molecule has 1 unspecified atom stereocenters. The van der Waals surface area contributed by atoms with Crippen molar-refractivity contribution in [2.75, 3.05) is 12.3 Å². The maximum Gasteiger partial charge on any atom is 0.254 e. The number of nitrogens with one attached hydrogen (secondary N) is 1. The maximum atomic E-state index is 13.7. The van der Waals surface area contributed by atoms with Crippen LogP contribution in [-0.4, -0.2) is 27.5 Å². The Bertz CT molecular complexity index is 952. The summed E-state index contributed by atoms with van der Waals surface area (Å²) in [5.74, 6) is 0.0580. The molecule has 2 aromatic carbocycles. The summed E-state index contributed by atoms with van der Waals surface area (Å²) in [6.45, 7) is 0.666. The lowest BCUT2D eigenvalue weighted by Crippen LogP contribution is -2.34. The first-order chi connectivity index (χ1) is 12.6. The van der Waals surface area contributed by atoms with E-state index in [1.54, 1.807) is 18.2 Å². The van der Waals surface area contributed by atoms with Crippen LogP contribution in [0.3, 0.4) is 0 Å². The summed E-state index contributed by atoms with van der Waals surface area (Å²) in [6, 6.07) is 11.8. The summed E-state index contributed by atoms with van der Waals surface area (Å²) < 4.78 is 13.7. The van der Waals surface area contributed by atoms with Gasteiger partial charge in [0.25, 0.3) is 5.91 Å². The van der Waals surface area contributed by atoms with Gasteiger partial charge < -0.3 is 10.6 Å². The highest BCUT2D eigenvalue weighted by Gasteiger charge is 2.28. The zero-order valence-corrected chi connectivity index (χ0v) is 14.4. The van der Waals surface area contributed by atoms with Crippen molar-refractivity contribution in [2.24, 2.45) is 0 Å². The molecule has 134 valence electrons. The lowest BCUT2D eigenvalue weighted by molar-refractivity contribution is 0.0680. The first-order valence-electron chi connectivity index (χ1n) is 8.93. The van der Waals surface area contributed by atoms with Crippen LogP contribution >= 0.6 is 0 Å². The van der Waals surface area contributed by atoms with E-state index in [2.05, 4.69) is 10.2 Å². The number of benzene rings is 2. The number of H-pyrrole nitrogens is 1. The molecule has 1 fully saturated rings. The van der Waals surface area contributed by atoms with E-state index >= 15 is 0 Å². The molecule has 26 heavy (non-hydrogen) atoms. The topological polar surface area (TPSA) is 75.0 Å².